The molecule has 2 aliphatic rings. The van der Waals surface area contributed by atoms with E-state index >= 15 is 0 Å². The molecule has 1 heterocycles. The Morgan fingerprint density at radius 2 is 1.94 bits per heavy atom. The highest BCUT2D eigenvalue weighted by Gasteiger charge is 2.53. The van der Waals surface area contributed by atoms with Gasteiger partial charge in [-0.3, -0.25) is 10.7 Å². The summed E-state index contributed by atoms with van der Waals surface area (Å²) in [5, 5.41) is 10.1. The molecule has 1 saturated heterocycles. The number of amidine groups is 1. The van der Waals surface area contributed by atoms with E-state index in [1.165, 1.54) is 11.9 Å². The second-order valence-corrected chi connectivity index (χ2v) is 4.71. The van der Waals surface area contributed by atoms with Crippen molar-refractivity contribution in [2.45, 2.75) is 37.4 Å². The average Bonchev–Trinajstić information content (AvgIpc) is 2.43. The first kappa shape index (κ1) is 12.2. The molecular weight excluding hydrogens is 235 g/mol. The van der Waals surface area contributed by atoms with Crippen LogP contribution in [0.25, 0.3) is 0 Å². The minimum absolute atomic E-state index is 0.0226. The van der Waals surface area contributed by atoms with Crippen LogP contribution >= 0.6 is 0 Å². The Balaban J connectivity index is 2.13. The van der Waals surface area contributed by atoms with Crippen molar-refractivity contribution in [2.75, 3.05) is 7.05 Å². The number of carbonyl (C=O) groups is 1. The smallest absolute Gasteiger partial charge is 0.315 e. The van der Waals surface area contributed by atoms with Gasteiger partial charge in [0.05, 0.1) is 5.92 Å². The van der Waals surface area contributed by atoms with Crippen molar-refractivity contribution >= 4 is 11.9 Å². The topological polar surface area (TPSA) is 56.2 Å². The van der Waals surface area contributed by atoms with Gasteiger partial charge in [-0.25, -0.2) is 4.79 Å². The summed E-state index contributed by atoms with van der Waals surface area (Å²) in [7, 11) is 1.53. The van der Waals surface area contributed by atoms with Crippen LogP contribution in [0, 0.1) is 11.3 Å². The van der Waals surface area contributed by atoms with E-state index in [4.69, 9.17) is 5.41 Å². The molecule has 0 bridgehead atoms. The molecule has 1 aliphatic carbocycles. The van der Waals surface area contributed by atoms with Gasteiger partial charge in [0.1, 0.15) is 11.4 Å². The number of hydrogen-bond acceptors (Lipinski definition) is 2. The van der Waals surface area contributed by atoms with Crippen molar-refractivity contribution in [1.29, 1.82) is 5.41 Å². The maximum atomic E-state index is 12.5. The van der Waals surface area contributed by atoms with Gasteiger partial charge in [-0.05, 0) is 25.7 Å². The molecule has 0 unspecified atom stereocenters. The summed E-state index contributed by atoms with van der Waals surface area (Å²) in [5.41, 5.74) is -0.834. The predicted octanol–water partition coefficient (Wildman–Crippen LogP) is 2.11. The largest absolute Gasteiger partial charge is 0.391 e. The van der Waals surface area contributed by atoms with Gasteiger partial charge in [0.2, 0.25) is 0 Å². The van der Waals surface area contributed by atoms with E-state index in [0.29, 0.717) is 0 Å². The summed E-state index contributed by atoms with van der Waals surface area (Å²) in [6.45, 7) is 0. The van der Waals surface area contributed by atoms with Crippen LogP contribution in [-0.2, 0) is 0 Å². The summed E-state index contributed by atoms with van der Waals surface area (Å²) in [6.07, 6.45) is -3.81. The molecule has 2 N–H and O–H groups in total. The first-order valence-electron chi connectivity index (χ1n) is 5.48. The number of halogens is 3. The van der Waals surface area contributed by atoms with Crippen LogP contribution in [0.4, 0.5) is 18.0 Å². The molecule has 0 atom stereocenters. The molecule has 2 amide bonds. The Labute approximate surface area is 96.7 Å². The normalized spacial score (nSPS) is 34.4. The van der Waals surface area contributed by atoms with E-state index in [1.807, 2.05) is 0 Å². The Morgan fingerprint density at radius 3 is 2.29 bits per heavy atom. The van der Waals surface area contributed by atoms with E-state index in [1.54, 1.807) is 0 Å². The standard InChI is InChI=1S/C10H14F3N3O/c1-16-8(17)15-7(14)9(16)4-2-6(3-5-9)10(11,12)13/h6H,2-5H2,1H3,(H2,14,15,17). The highest BCUT2D eigenvalue weighted by atomic mass is 19.4. The monoisotopic (exact) mass is 249 g/mol. The van der Waals surface area contributed by atoms with Gasteiger partial charge in [0, 0.05) is 7.05 Å². The van der Waals surface area contributed by atoms with Crippen molar-refractivity contribution in [3.8, 4) is 0 Å². The minimum atomic E-state index is -4.17. The lowest BCUT2D eigenvalue weighted by Crippen LogP contribution is -2.51. The zero-order valence-electron chi connectivity index (χ0n) is 9.40. The van der Waals surface area contributed by atoms with Gasteiger partial charge >= 0.3 is 12.2 Å². The van der Waals surface area contributed by atoms with Crippen molar-refractivity contribution in [3.05, 3.63) is 0 Å². The first-order valence-corrected chi connectivity index (χ1v) is 5.48. The fourth-order valence-corrected chi connectivity index (χ4v) is 2.68. The van der Waals surface area contributed by atoms with Crippen LogP contribution in [0.3, 0.4) is 0 Å². The molecular formula is C10H14F3N3O. The van der Waals surface area contributed by atoms with Crippen LogP contribution in [0.1, 0.15) is 25.7 Å². The van der Waals surface area contributed by atoms with E-state index in [-0.39, 0.29) is 31.5 Å². The summed E-state index contributed by atoms with van der Waals surface area (Å²) < 4.78 is 37.6. The maximum Gasteiger partial charge on any atom is 0.391 e. The lowest BCUT2D eigenvalue weighted by atomic mass is 9.75. The van der Waals surface area contributed by atoms with E-state index in [0.717, 1.165) is 0 Å². The highest BCUT2D eigenvalue weighted by molar-refractivity contribution is 6.08. The fourth-order valence-electron chi connectivity index (χ4n) is 2.68. The van der Waals surface area contributed by atoms with Crippen LogP contribution in [0.5, 0.6) is 0 Å². The van der Waals surface area contributed by atoms with Crippen LogP contribution < -0.4 is 5.32 Å². The summed E-state index contributed by atoms with van der Waals surface area (Å²) >= 11 is 0. The van der Waals surface area contributed by atoms with E-state index < -0.39 is 23.7 Å². The molecule has 4 nitrogen and oxygen atoms in total. The summed E-state index contributed by atoms with van der Waals surface area (Å²) in [6, 6.07) is -0.402. The van der Waals surface area contributed by atoms with Gasteiger partial charge < -0.3 is 4.90 Å². The lowest BCUT2D eigenvalue weighted by molar-refractivity contribution is -0.185. The average molecular weight is 249 g/mol. The molecule has 2 fully saturated rings. The molecule has 2 rings (SSSR count). The van der Waals surface area contributed by atoms with Crippen molar-refractivity contribution < 1.29 is 18.0 Å². The Hall–Kier alpha value is -1.27. The van der Waals surface area contributed by atoms with Crippen molar-refractivity contribution in [1.82, 2.24) is 10.2 Å². The van der Waals surface area contributed by atoms with Crippen LogP contribution in [0.2, 0.25) is 0 Å². The molecule has 7 heteroatoms. The molecule has 0 aromatic heterocycles. The molecule has 96 valence electrons. The molecule has 0 radical (unpaired) electrons. The Bertz CT molecular complexity index is 358. The molecule has 1 spiro atoms. The van der Waals surface area contributed by atoms with Gasteiger partial charge in [-0.1, -0.05) is 0 Å². The second kappa shape index (κ2) is 3.61. The third kappa shape index (κ3) is 1.77. The number of carbonyl (C=O) groups excluding carboxylic acids is 1. The van der Waals surface area contributed by atoms with Gasteiger partial charge in [0.15, 0.2) is 0 Å². The molecule has 0 aromatic carbocycles. The van der Waals surface area contributed by atoms with Gasteiger partial charge in [-0.15, -0.1) is 0 Å². The number of likely N-dealkylation sites (N-methyl/N-ethyl adjacent to an activating group) is 1. The Kier molecular flexibility index (Phi) is 2.59. The van der Waals surface area contributed by atoms with Crippen molar-refractivity contribution in [2.24, 2.45) is 5.92 Å². The molecule has 1 aliphatic heterocycles. The number of urea groups is 1. The predicted molar refractivity (Wildman–Crippen MR) is 54.8 cm³/mol. The number of nitrogens with one attached hydrogen (secondary N) is 2. The Morgan fingerprint density at radius 1 is 1.41 bits per heavy atom. The molecule has 17 heavy (non-hydrogen) atoms. The first-order chi connectivity index (χ1) is 7.77. The quantitative estimate of drug-likeness (QED) is 0.678. The van der Waals surface area contributed by atoms with E-state index in [9.17, 15) is 18.0 Å². The van der Waals surface area contributed by atoms with E-state index in [2.05, 4.69) is 5.32 Å². The zero-order chi connectivity index (χ0) is 12.8. The maximum absolute atomic E-state index is 12.5. The summed E-state index contributed by atoms with van der Waals surface area (Å²) in [4.78, 5) is 12.8. The SMILES string of the molecule is CN1C(=O)NC(=N)C12CCC(C(F)(F)F)CC2. The van der Waals surface area contributed by atoms with Crippen LogP contribution in [0.15, 0.2) is 0 Å². The van der Waals surface area contributed by atoms with Gasteiger partial charge in [-0.2, -0.15) is 13.2 Å². The molecule has 0 aromatic rings. The lowest BCUT2D eigenvalue weighted by Gasteiger charge is -2.40. The highest BCUT2D eigenvalue weighted by Crippen LogP contribution is 2.44. The zero-order valence-corrected chi connectivity index (χ0v) is 9.40. The number of amides is 2. The number of rotatable bonds is 0. The minimum Gasteiger partial charge on any atom is -0.315 e. The fraction of sp³-hybridized carbons (Fsp3) is 0.800. The number of hydrogen-bond donors (Lipinski definition) is 2. The third-order valence-corrected chi connectivity index (χ3v) is 3.92. The van der Waals surface area contributed by atoms with Gasteiger partial charge in [0.25, 0.3) is 0 Å². The van der Waals surface area contributed by atoms with Crippen molar-refractivity contribution in [3.63, 3.8) is 0 Å². The number of nitrogens with zero attached hydrogens (tertiary/aromatic N) is 1. The van der Waals surface area contributed by atoms with Crippen LogP contribution in [-0.4, -0.2) is 35.5 Å². The molecule has 1 saturated carbocycles. The number of alkyl halides is 3. The third-order valence-electron chi connectivity index (χ3n) is 3.92. The second-order valence-electron chi connectivity index (χ2n) is 4.71. The summed E-state index contributed by atoms with van der Waals surface area (Å²) in [5.74, 6) is -1.27.